The number of rotatable bonds is 8. The lowest BCUT2D eigenvalue weighted by Crippen LogP contribution is -2.18. The smallest absolute Gasteiger partial charge is 0.289 e. The minimum atomic E-state index is -5.16. The predicted octanol–water partition coefficient (Wildman–Crippen LogP) is 5.53. The Morgan fingerprint density at radius 1 is 0.795 bits per heavy atom. The number of hydrogen-bond acceptors (Lipinski definition) is 7. The van der Waals surface area contributed by atoms with E-state index < -0.39 is 62.2 Å². The van der Waals surface area contributed by atoms with Gasteiger partial charge in [0.15, 0.2) is 5.78 Å². The van der Waals surface area contributed by atoms with Gasteiger partial charge >= 0.3 is 0 Å². The molecule has 0 radical (unpaired) electrons. The van der Waals surface area contributed by atoms with Gasteiger partial charge in [-0.1, -0.05) is 44.0 Å². The molecular weight excluding hydrogens is 611 g/mol. The van der Waals surface area contributed by atoms with Gasteiger partial charge in [-0.05, 0) is 78.4 Å². The average molecular weight is 636 g/mol. The van der Waals surface area contributed by atoms with Crippen LogP contribution in [0.15, 0.2) is 74.2 Å². The van der Waals surface area contributed by atoms with Crippen molar-refractivity contribution < 1.29 is 39.2 Å². The monoisotopic (exact) mass is 634 g/mol. The Balaban J connectivity index is 2.16. The Kier molecular flexibility index (Phi) is 8.74. The lowest BCUT2D eigenvalue weighted by atomic mass is 9.88. The average Bonchev–Trinajstić information content (AvgIpc) is 2.81. The molecule has 0 aliphatic carbocycles. The third kappa shape index (κ3) is 7.07. The number of carbonyl (C=O) groups is 1. The summed E-state index contributed by atoms with van der Waals surface area (Å²) in [7, 11) is -14.2. The van der Waals surface area contributed by atoms with Gasteiger partial charge in [0.2, 0.25) is 9.84 Å². The normalized spacial score (nSPS) is 12.9. The van der Waals surface area contributed by atoms with E-state index in [1.165, 1.54) is 18.2 Å². The number of sulfone groups is 1. The van der Waals surface area contributed by atoms with Gasteiger partial charge in [-0.2, -0.15) is 16.8 Å². The summed E-state index contributed by atoms with van der Waals surface area (Å²) >= 11 is 11.9. The highest BCUT2D eigenvalue weighted by Crippen LogP contribution is 2.34. The van der Waals surface area contributed by atoms with Crippen LogP contribution >= 0.6 is 23.2 Å². The molecule has 0 saturated carbocycles. The molecule has 0 atom stereocenters. The van der Waals surface area contributed by atoms with Crippen LogP contribution in [-0.4, -0.2) is 40.1 Å². The molecule has 210 valence electrons. The molecule has 3 aromatic carbocycles. The molecule has 3 aromatic rings. The Bertz CT molecular complexity index is 1770. The molecule has 0 unspecified atom stereocenters. The summed E-state index contributed by atoms with van der Waals surface area (Å²) < 4.78 is 94.8. The largest absolute Gasteiger partial charge is 0.295 e. The van der Waals surface area contributed by atoms with Crippen molar-refractivity contribution in [2.45, 2.75) is 53.2 Å². The van der Waals surface area contributed by atoms with Gasteiger partial charge in [-0.15, -0.1) is 0 Å². The molecule has 0 fully saturated rings. The second-order valence-electron chi connectivity index (χ2n) is 9.86. The maximum atomic E-state index is 13.4. The molecule has 0 aromatic heterocycles. The Morgan fingerprint density at radius 3 is 1.90 bits per heavy atom. The molecule has 0 saturated heterocycles. The van der Waals surface area contributed by atoms with E-state index in [2.05, 4.69) is 0 Å². The summed E-state index contributed by atoms with van der Waals surface area (Å²) in [6.45, 7) is 5.44. The van der Waals surface area contributed by atoms with Crippen LogP contribution in [0.1, 0.15) is 48.7 Å². The van der Waals surface area contributed by atoms with Gasteiger partial charge in [0.1, 0.15) is 4.90 Å². The highest BCUT2D eigenvalue weighted by Gasteiger charge is 2.31. The van der Waals surface area contributed by atoms with Crippen LogP contribution in [0.25, 0.3) is 0 Å². The standard InChI is InChI=1S/C25H24Cl2O9S3/c1-25(2,3)13-12-18-21(38(31,32)33)11-9-19(24(18)39(34,35)36)23(28)15-4-7-17(8-5-15)37(29,30)22-14-16(26)6-10-20(22)27/h4-11,14H,12-13H2,1-3H3,(H,31,32,33)(H,34,35,36). The van der Waals surface area contributed by atoms with Gasteiger partial charge in [-0.25, -0.2) is 8.42 Å². The third-order valence-electron chi connectivity index (χ3n) is 5.73. The zero-order chi connectivity index (χ0) is 29.6. The van der Waals surface area contributed by atoms with Crippen LogP contribution in [0.3, 0.4) is 0 Å². The Labute approximate surface area is 237 Å². The molecule has 14 heteroatoms. The molecule has 3 rings (SSSR count). The number of carbonyl (C=O) groups excluding carboxylic acids is 1. The molecule has 39 heavy (non-hydrogen) atoms. The fraction of sp³-hybridized carbons (Fsp3) is 0.240. The fourth-order valence-electron chi connectivity index (χ4n) is 3.81. The van der Waals surface area contributed by atoms with E-state index in [1.807, 2.05) is 20.8 Å². The minimum absolute atomic E-state index is 0.0703. The SMILES string of the molecule is CC(C)(C)CCc1c(S(=O)(=O)O)ccc(C(=O)c2ccc(S(=O)(=O)c3cc(Cl)ccc3Cl)cc2)c1S(=O)(=O)O. The van der Waals surface area contributed by atoms with Crippen LogP contribution in [-0.2, 0) is 36.5 Å². The first-order chi connectivity index (χ1) is 17.7. The Morgan fingerprint density at radius 2 is 1.38 bits per heavy atom. The zero-order valence-corrected chi connectivity index (χ0v) is 24.8. The highest BCUT2D eigenvalue weighted by atomic mass is 35.5. The maximum absolute atomic E-state index is 13.4. The minimum Gasteiger partial charge on any atom is -0.289 e. The first kappa shape index (κ1) is 31.2. The van der Waals surface area contributed by atoms with Crippen LogP contribution in [0.4, 0.5) is 0 Å². The van der Waals surface area contributed by atoms with Crippen molar-refractivity contribution in [1.82, 2.24) is 0 Å². The second-order valence-corrected chi connectivity index (χ2v) is 15.4. The summed E-state index contributed by atoms with van der Waals surface area (Å²) in [4.78, 5) is 11.2. The van der Waals surface area contributed by atoms with Crippen molar-refractivity contribution in [3.05, 3.63) is 81.3 Å². The molecule has 0 aliphatic heterocycles. The van der Waals surface area contributed by atoms with Crippen LogP contribution in [0.5, 0.6) is 0 Å². The molecule has 0 spiro atoms. The molecule has 0 bridgehead atoms. The lowest BCUT2D eigenvalue weighted by molar-refractivity contribution is 0.103. The van der Waals surface area contributed by atoms with Crippen molar-refractivity contribution >= 4 is 59.1 Å². The Hall–Kier alpha value is -2.32. The zero-order valence-electron chi connectivity index (χ0n) is 20.8. The van der Waals surface area contributed by atoms with E-state index in [9.17, 15) is 39.2 Å². The van der Waals surface area contributed by atoms with E-state index in [1.54, 1.807) is 0 Å². The van der Waals surface area contributed by atoms with Gasteiger partial charge in [-0.3, -0.25) is 13.9 Å². The van der Waals surface area contributed by atoms with Gasteiger partial charge in [0.05, 0.1) is 19.7 Å². The second kappa shape index (κ2) is 10.9. The summed E-state index contributed by atoms with van der Waals surface area (Å²) in [5.74, 6) is -0.939. The summed E-state index contributed by atoms with van der Waals surface area (Å²) in [6, 6.07) is 10.1. The summed E-state index contributed by atoms with van der Waals surface area (Å²) in [6.07, 6.45) is 0.0424. The van der Waals surface area contributed by atoms with E-state index >= 15 is 0 Å². The van der Waals surface area contributed by atoms with E-state index in [0.717, 1.165) is 36.4 Å². The first-order valence-electron chi connectivity index (χ1n) is 11.2. The van der Waals surface area contributed by atoms with Gasteiger partial charge in [0.25, 0.3) is 20.2 Å². The third-order valence-corrected chi connectivity index (χ3v) is 10.1. The summed E-state index contributed by atoms with van der Waals surface area (Å²) in [5, 5.41) is 0.0668. The van der Waals surface area contributed by atoms with Gasteiger partial charge in [0, 0.05) is 16.1 Å². The number of ketones is 1. The van der Waals surface area contributed by atoms with Crippen molar-refractivity contribution in [1.29, 1.82) is 0 Å². The van der Waals surface area contributed by atoms with E-state index in [0.29, 0.717) is 0 Å². The fourth-order valence-corrected chi connectivity index (χ4v) is 7.61. The number of halogens is 2. The first-order valence-corrected chi connectivity index (χ1v) is 16.3. The van der Waals surface area contributed by atoms with Crippen molar-refractivity contribution in [3.63, 3.8) is 0 Å². The molecule has 0 amide bonds. The molecular formula is C25H24Cl2O9S3. The lowest BCUT2D eigenvalue weighted by Gasteiger charge is -2.21. The van der Waals surface area contributed by atoms with E-state index in [4.69, 9.17) is 23.2 Å². The molecule has 2 N–H and O–H groups in total. The van der Waals surface area contributed by atoms with Crippen molar-refractivity contribution in [3.8, 4) is 0 Å². The van der Waals surface area contributed by atoms with Crippen LogP contribution in [0, 0.1) is 5.41 Å². The number of hydrogen-bond donors (Lipinski definition) is 2. The maximum Gasteiger partial charge on any atom is 0.295 e. The highest BCUT2D eigenvalue weighted by molar-refractivity contribution is 7.91. The molecule has 0 aliphatic rings. The summed E-state index contributed by atoms with van der Waals surface area (Å²) in [5.41, 5.74) is -1.55. The topological polar surface area (TPSA) is 160 Å². The van der Waals surface area contributed by atoms with Crippen LogP contribution < -0.4 is 0 Å². The number of benzene rings is 3. The van der Waals surface area contributed by atoms with Crippen molar-refractivity contribution in [2.24, 2.45) is 5.41 Å². The molecule has 0 heterocycles. The van der Waals surface area contributed by atoms with Gasteiger partial charge < -0.3 is 0 Å². The van der Waals surface area contributed by atoms with E-state index in [-0.39, 0.29) is 38.2 Å². The molecule has 9 nitrogen and oxygen atoms in total. The van der Waals surface area contributed by atoms with Crippen LogP contribution in [0.2, 0.25) is 10.0 Å². The predicted molar refractivity (Wildman–Crippen MR) is 146 cm³/mol. The quantitative estimate of drug-likeness (QED) is 0.240. The van der Waals surface area contributed by atoms with Crippen molar-refractivity contribution in [2.75, 3.05) is 0 Å².